The van der Waals surface area contributed by atoms with Crippen molar-refractivity contribution >= 4 is 11.9 Å². The lowest BCUT2D eigenvalue weighted by Crippen LogP contribution is -2.45. The molecule has 0 spiro atoms. The quantitative estimate of drug-likeness (QED) is 0.714. The lowest BCUT2D eigenvalue weighted by molar-refractivity contribution is -0.142. The summed E-state index contributed by atoms with van der Waals surface area (Å²) in [5, 5.41) is 12.0. The Morgan fingerprint density at radius 3 is 2.60 bits per heavy atom. The summed E-state index contributed by atoms with van der Waals surface area (Å²) in [6.07, 6.45) is 4.76. The first-order chi connectivity index (χ1) is 9.40. The second kappa shape index (κ2) is 8.25. The largest absolute Gasteiger partial charge is 0.480 e. The molecule has 0 saturated carbocycles. The van der Waals surface area contributed by atoms with Crippen molar-refractivity contribution in [1.82, 2.24) is 10.2 Å². The first-order valence-electron chi connectivity index (χ1n) is 7.66. The molecule has 5 nitrogen and oxygen atoms in total. The lowest BCUT2D eigenvalue weighted by Gasteiger charge is -2.22. The van der Waals surface area contributed by atoms with Crippen LogP contribution in [0.1, 0.15) is 52.9 Å². The van der Waals surface area contributed by atoms with Gasteiger partial charge in [0.25, 0.3) is 0 Å². The van der Waals surface area contributed by atoms with Crippen LogP contribution in [0, 0.1) is 5.92 Å². The van der Waals surface area contributed by atoms with Crippen LogP contribution in [-0.2, 0) is 9.59 Å². The Morgan fingerprint density at radius 1 is 1.30 bits per heavy atom. The number of hydrogen-bond acceptors (Lipinski definition) is 3. The zero-order chi connectivity index (χ0) is 15.1. The molecule has 0 radical (unpaired) electrons. The predicted molar refractivity (Wildman–Crippen MR) is 78.5 cm³/mol. The summed E-state index contributed by atoms with van der Waals surface area (Å²) in [7, 11) is 0. The van der Waals surface area contributed by atoms with Gasteiger partial charge in [-0.1, -0.05) is 26.7 Å². The number of carboxylic acid groups (broad SMARTS) is 1. The van der Waals surface area contributed by atoms with Crippen molar-refractivity contribution in [3.8, 4) is 0 Å². The summed E-state index contributed by atoms with van der Waals surface area (Å²) in [5.41, 5.74) is 0. The number of hydrogen-bond donors (Lipinski definition) is 2. The summed E-state index contributed by atoms with van der Waals surface area (Å²) in [4.78, 5) is 24.7. The van der Waals surface area contributed by atoms with E-state index in [2.05, 4.69) is 19.2 Å². The predicted octanol–water partition coefficient (Wildman–Crippen LogP) is 1.87. The molecule has 5 heteroatoms. The normalized spacial score (nSPS) is 21.1. The molecule has 0 aliphatic carbocycles. The molecule has 0 bridgehead atoms. The highest BCUT2D eigenvalue weighted by Crippen LogP contribution is 2.16. The summed E-state index contributed by atoms with van der Waals surface area (Å²) in [5.74, 6) is -0.186. The average Bonchev–Trinajstić information content (AvgIpc) is 2.76. The zero-order valence-corrected chi connectivity index (χ0v) is 12.9. The molecule has 2 atom stereocenters. The van der Waals surface area contributed by atoms with Crippen LogP contribution in [0.4, 0.5) is 0 Å². The maximum absolute atomic E-state index is 11.9. The van der Waals surface area contributed by atoms with Gasteiger partial charge >= 0.3 is 5.97 Å². The Kier molecular flexibility index (Phi) is 6.99. The fourth-order valence-electron chi connectivity index (χ4n) is 2.70. The van der Waals surface area contributed by atoms with E-state index in [-0.39, 0.29) is 18.5 Å². The fraction of sp³-hybridized carbons (Fsp3) is 0.867. The molecule has 0 aromatic rings. The summed E-state index contributed by atoms with van der Waals surface area (Å²) < 4.78 is 0. The van der Waals surface area contributed by atoms with Crippen LogP contribution in [0.5, 0.6) is 0 Å². The third kappa shape index (κ3) is 5.90. The molecule has 1 aliphatic heterocycles. The molecule has 1 unspecified atom stereocenters. The number of carbonyl (C=O) groups is 2. The van der Waals surface area contributed by atoms with Crippen LogP contribution in [0.15, 0.2) is 0 Å². The Balaban J connectivity index is 2.27. The van der Waals surface area contributed by atoms with Crippen LogP contribution >= 0.6 is 0 Å². The van der Waals surface area contributed by atoms with Gasteiger partial charge < -0.3 is 10.4 Å². The van der Waals surface area contributed by atoms with Crippen molar-refractivity contribution in [1.29, 1.82) is 0 Å². The fourth-order valence-corrected chi connectivity index (χ4v) is 2.70. The zero-order valence-electron chi connectivity index (χ0n) is 12.9. The number of aliphatic carboxylic acids is 1. The van der Waals surface area contributed by atoms with Gasteiger partial charge in [0.1, 0.15) is 6.04 Å². The van der Waals surface area contributed by atoms with Gasteiger partial charge in [0.15, 0.2) is 0 Å². The standard InChI is InChI=1S/C15H28N2O3/c1-11(2)6-4-7-12(3)16-14(18)10-17-9-5-8-13(17)15(19)20/h11-13H,4-10H2,1-3H3,(H,16,18)(H,19,20)/t12?,13-/m0/s1. The van der Waals surface area contributed by atoms with Gasteiger partial charge in [0.05, 0.1) is 6.54 Å². The molecule has 1 rings (SSSR count). The summed E-state index contributed by atoms with van der Waals surface area (Å²) in [6.45, 7) is 7.31. The van der Waals surface area contributed by atoms with Crippen molar-refractivity contribution in [3.63, 3.8) is 0 Å². The van der Waals surface area contributed by atoms with Crippen LogP contribution in [0.25, 0.3) is 0 Å². The highest BCUT2D eigenvalue weighted by Gasteiger charge is 2.31. The summed E-state index contributed by atoms with van der Waals surface area (Å²) in [6, 6.07) is -0.330. The molecule has 1 saturated heterocycles. The SMILES string of the molecule is CC(C)CCCC(C)NC(=O)CN1CCC[C@H]1C(=O)O. The van der Waals surface area contributed by atoms with Crippen molar-refractivity contribution in [2.75, 3.05) is 13.1 Å². The van der Waals surface area contributed by atoms with Crippen molar-refractivity contribution < 1.29 is 14.7 Å². The van der Waals surface area contributed by atoms with Gasteiger partial charge in [-0.3, -0.25) is 14.5 Å². The Hall–Kier alpha value is -1.10. The number of carboxylic acids is 1. The van der Waals surface area contributed by atoms with Crippen molar-refractivity contribution in [3.05, 3.63) is 0 Å². The Bertz CT molecular complexity index is 331. The maximum Gasteiger partial charge on any atom is 0.320 e. The number of likely N-dealkylation sites (tertiary alicyclic amines) is 1. The summed E-state index contributed by atoms with van der Waals surface area (Å²) >= 11 is 0. The number of nitrogens with one attached hydrogen (secondary N) is 1. The molecule has 0 aromatic heterocycles. The van der Waals surface area contributed by atoms with Gasteiger partial charge in [-0.25, -0.2) is 0 Å². The van der Waals surface area contributed by atoms with Gasteiger partial charge in [0.2, 0.25) is 5.91 Å². The number of carbonyl (C=O) groups excluding carboxylic acids is 1. The molecular formula is C15H28N2O3. The monoisotopic (exact) mass is 284 g/mol. The molecule has 20 heavy (non-hydrogen) atoms. The van der Waals surface area contributed by atoms with E-state index in [0.717, 1.165) is 19.3 Å². The van der Waals surface area contributed by atoms with Crippen molar-refractivity contribution in [2.45, 2.75) is 65.0 Å². The maximum atomic E-state index is 11.9. The van der Waals surface area contributed by atoms with Gasteiger partial charge in [-0.05, 0) is 38.6 Å². The lowest BCUT2D eigenvalue weighted by atomic mass is 10.0. The van der Waals surface area contributed by atoms with Crippen LogP contribution < -0.4 is 5.32 Å². The first kappa shape index (κ1) is 17.0. The highest BCUT2D eigenvalue weighted by molar-refractivity contribution is 5.80. The van der Waals surface area contributed by atoms with Gasteiger partial charge in [-0.2, -0.15) is 0 Å². The average molecular weight is 284 g/mol. The highest BCUT2D eigenvalue weighted by atomic mass is 16.4. The molecule has 116 valence electrons. The van der Waals surface area contributed by atoms with Gasteiger partial charge in [0, 0.05) is 6.04 Å². The van der Waals surface area contributed by atoms with E-state index in [0.29, 0.717) is 18.9 Å². The molecule has 1 fully saturated rings. The van der Waals surface area contributed by atoms with E-state index in [4.69, 9.17) is 5.11 Å². The third-order valence-corrected chi connectivity index (χ3v) is 3.82. The van der Waals surface area contributed by atoms with E-state index in [1.165, 1.54) is 6.42 Å². The number of nitrogens with zero attached hydrogens (tertiary/aromatic N) is 1. The van der Waals surface area contributed by atoms with E-state index < -0.39 is 12.0 Å². The van der Waals surface area contributed by atoms with Crippen LogP contribution in [-0.4, -0.2) is 47.1 Å². The van der Waals surface area contributed by atoms with Gasteiger partial charge in [-0.15, -0.1) is 0 Å². The topological polar surface area (TPSA) is 69.6 Å². The van der Waals surface area contributed by atoms with Crippen LogP contribution in [0.2, 0.25) is 0 Å². The molecular weight excluding hydrogens is 256 g/mol. The smallest absolute Gasteiger partial charge is 0.320 e. The first-order valence-corrected chi connectivity index (χ1v) is 7.66. The third-order valence-electron chi connectivity index (χ3n) is 3.82. The molecule has 1 amide bonds. The molecule has 1 aliphatic rings. The molecule has 0 aromatic carbocycles. The Labute approximate surface area is 121 Å². The van der Waals surface area contributed by atoms with E-state index in [9.17, 15) is 9.59 Å². The van der Waals surface area contributed by atoms with Crippen molar-refractivity contribution in [2.24, 2.45) is 5.92 Å². The van der Waals surface area contributed by atoms with E-state index >= 15 is 0 Å². The molecule has 2 N–H and O–H groups in total. The second-order valence-electron chi connectivity index (χ2n) is 6.26. The minimum absolute atomic E-state index is 0.0600. The number of rotatable bonds is 8. The number of amides is 1. The molecule has 1 heterocycles. The minimum Gasteiger partial charge on any atom is -0.480 e. The second-order valence-corrected chi connectivity index (χ2v) is 6.26. The van der Waals surface area contributed by atoms with E-state index in [1.807, 2.05) is 6.92 Å². The van der Waals surface area contributed by atoms with E-state index in [1.54, 1.807) is 4.90 Å². The Morgan fingerprint density at radius 2 is 2.00 bits per heavy atom. The van der Waals surface area contributed by atoms with Crippen LogP contribution in [0.3, 0.4) is 0 Å². The minimum atomic E-state index is -0.819.